The van der Waals surface area contributed by atoms with Crippen molar-refractivity contribution in [2.75, 3.05) is 0 Å². The summed E-state index contributed by atoms with van der Waals surface area (Å²) in [5.41, 5.74) is 0. The van der Waals surface area contributed by atoms with Crippen LogP contribution >= 0.6 is 0 Å². The van der Waals surface area contributed by atoms with Gasteiger partial charge in [-0.25, -0.2) is 0 Å². The zero-order valence-electron chi connectivity index (χ0n) is 7.94. The molecule has 0 aliphatic rings. The maximum absolute atomic E-state index is 10.8. The molecule has 0 spiro atoms. The van der Waals surface area contributed by atoms with Crippen LogP contribution in [0.2, 0.25) is 4.82 Å². The number of aldehydes is 1. The molecule has 0 saturated heterocycles. The van der Waals surface area contributed by atoms with E-state index in [2.05, 4.69) is 26.0 Å². The van der Waals surface area contributed by atoms with Gasteiger partial charge < -0.3 is 0 Å². The van der Waals surface area contributed by atoms with Crippen molar-refractivity contribution in [2.45, 2.75) is 18.7 Å². The zero-order chi connectivity index (χ0) is 9.68. The quantitative estimate of drug-likeness (QED) is 0.578. The van der Waals surface area contributed by atoms with Crippen LogP contribution in [-0.4, -0.2) is 21.2 Å². The van der Waals surface area contributed by atoms with Gasteiger partial charge in [-0.2, -0.15) is 0 Å². The Kier molecular flexibility index (Phi) is 4.20. The zero-order valence-corrected chi connectivity index (χ0v) is 9.65. The van der Waals surface area contributed by atoms with Crippen molar-refractivity contribution in [1.82, 2.24) is 0 Å². The van der Waals surface area contributed by atoms with Gasteiger partial charge in [0.2, 0.25) is 0 Å². The van der Waals surface area contributed by atoms with E-state index in [9.17, 15) is 4.79 Å². The van der Waals surface area contributed by atoms with E-state index in [4.69, 9.17) is 0 Å². The molecule has 2 heteroatoms. The molecule has 0 bridgehead atoms. The number of hydrogen-bond donors (Lipinski definition) is 0. The number of hydrogen-bond acceptors (Lipinski definition) is 1. The Hall–Kier alpha value is -0.591. The van der Waals surface area contributed by atoms with Gasteiger partial charge in [-0.05, 0) is 0 Å². The summed E-state index contributed by atoms with van der Waals surface area (Å²) in [6.45, 7) is 4.20. The van der Waals surface area contributed by atoms with E-state index >= 15 is 0 Å². The number of benzene rings is 1. The molecule has 1 atom stereocenters. The molecule has 0 radical (unpaired) electrons. The van der Waals surface area contributed by atoms with Crippen LogP contribution in [0, 0.1) is 5.92 Å². The summed E-state index contributed by atoms with van der Waals surface area (Å²) in [7, 11) is 0. The fraction of sp³-hybridized carbons (Fsp3) is 0.364. The number of carbonyl (C=O) groups is 1. The van der Waals surface area contributed by atoms with Crippen molar-refractivity contribution in [2.24, 2.45) is 5.92 Å². The molecule has 0 aliphatic carbocycles. The van der Waals surface area contributed by atoms with Crippen LogP contribution in [0.5, 0.6) is 0 Å². The van der Waals surface area contributed by atoms with Gasteiger partial charge in [0, 0.05) is 0 Å². The molecule has 1 rings (SSSR count). The second kappa shape index (κ2) is 5.21. The monoisotopic (exact) mass is 242 g/mol. The minimum atomic E-state index is 0.217. The van der Waals surface area contributed by atoms with Crippen LogP contribution in [0.4, 0.5) is 0 Å². The van der Waals surface area contributed by atoms with Crippen LogP contribution in [0.1, 0.15) is 13.8 Å². The van der Waals surface area contributed by atoms with Crippen molar-refractivity contribution in [1.29, 1.82) is 0 Å². The third-order valence-corrected chi connectivity index (χ3v) is 4.89. The number of carbonyl (C=O) groups excluding carboxylic acids is 1. The standard InChI is InChI=1S/C11H14OSe/c1-9(2)11(8-12)13-10-6-4-3-5-7-10/h3-9,11H,1-2H3. The second-order valence-corrected chi connectivity index (χ2v) is 5.90. The normalized spacial score (nSPS) is 12.8. The molecule has 0 heterocycles. The van der Waals surface area contributed by atoms with Gasteiger partial charge >= 0.3 is 85.4 Å². The summed E-state index contributed by atoms with van der Waals surface area (Å²) in [6.07, 6.45) is 1.09. The average molecular weight is 241 g/mol. The Balaban J connectivity index is 2.62. The molecule has 13 heavy (non-hydrogen) atoms. The molecule has 1 unspecified atom stereocenters. The Bertz CT molecular complexity index is 256. The SMILES string of the molecule is CC(C)C(C=O)[Se]c1ccccc1. The molecule has 0 saturated carbocycles. The molecule has 0 aliphatic heterocycles. The summed E-state index contributed by atoms with van der Waals surface area (Å²) in [5.74, 6) is 0.456. The molecular weight excluding hydrogens is 227 g/mol. The third-order valence-electron chi connectivity index (χ3n) is 1.81. The third kappa shape index (κ3) is 3.33. The van der Waals surface area contributed by atoms with Gasteiger partial charge in [0.1, 0.15) is 0 Å². The molecule has 0 fully saturated rings. The van der Waals surface area contributed by atoms with E-state index in [1.54, 1.807) is 0 Å². The Morgan fingerprint density at radius 3 is 2.31 bits per heavy atom. The van der Waals surface area contributed by atoms with Gasteiger partial charge in [0.05, 0.1) is 0 Å². The van der Waals surface area contributed by atoms with E-state index in [0.29, 0.717) is 5.92 Å². The molecule has 1 aromatic carbocycles. The van der Waals surface area contributed by atoms with E-state index in [1.807, 2.05) is 18.2 Å². The summed E-state index contributed by atoms with van der Waals surface area (Å²) in [6, 6.07) is 10.3. The second-order valence-electron chi connectivity index (χ2n) is 3.28. The molecule has 1 aromatic rings. The predicted molar refractivity (Wildman–Crippen MR) is 56.5 cm³/mol. The van der Waals surface area contributed by atoms with Gasteiger partial charge in [-0.3, -0.25) is 0 Å². The van der Waals surface area contributed by atoms with Gasteiger partial charge in [-0.1, -0.05) is 0 Å². The molecule has 0 amide bonds. The molecule has 0 N–H and O–H groups in total. The van der Waals surface area contributed by atoms with Crippen molar-refractivity contribution in [3.05, 3.63) is 30.3 Å². The molecule has 0 aromatic heterocycles. The molecule has 70 valence electrons. The molecule has 1 nitrogen and oxygen atoms in total. The summed E-state index contributed by atoms with van der Waals surface area (Å²) >= 11 is 0.289. The summed E-state index contributed by atoms with van der Waals surface area (Å²) in [4.78, 5) is 11.0. The Labute approximate surface area is 85.7 Å². The van der Waals surface area contributed by atoms with Crippen LogP contribution < -0.4 is 4.46 Å². The first-order chi connectivity index (χ1) is 6.24. The van der Waals surface area contributed by atoms with Gasteiger partial charge in [-0.15, -0.1) is 0 Å². The van der Waals surface area contributed by atoms with Crippen LogP contribution in [0.25, 0.3) is 0 Å². The van der Waals surface area contributed by atoms with Crippen molar-refractivity contribution in [3.8, 4) is 0 Å². The first-order valence-electron chi connectivity index (χ1n) is 4.41. The van der Waals surface area contributed by atoms with Crippen LogP contribution in [0.3, 0.4) is 0 Å². The molecular formula is C11H14OSe. The minimum absolute atomic E-state index is 0.217. The van der Waals surface area contributed by atoms with Crippen molar-refractivity contribution >= 4 is 25.7 Å². The van der Waals surface area contributed by atoms with E-state index < -0.39 is 0 Å². The van der Waals surface area contributed by atoms with Gasteiger partial charge in [0.25, 0.3) is 0 Å². The predicted octanol–water partition coefficient (Wildman–Crippen LogP) is 1.66. The Morgan fingerprint density at radius 1 is 1.23 bits per heavy atom. The van der Waals surface area contributed by atoms with Gasteiger partial charge in [0.15, 0.2) is 0 Å². The fourth-order valence-electron chi connectivity index (χ4n) is 0.977. The van der Waals surface area contributed by atoms with E-state index in [1.165, 1.54) is 4.46 Å². The average Bonchev–Trinajstić information content (AvgIpc) is 2.15. The van der Waals surface area contributed by atoms with Crippen molar-refractivity contribution < 1.29 is 4.79 Å². The summed E-state index contributed by atoms with van der Waals surface area (Å²) in [5, 5.41) is 0. The van der Waals surface area contributed by atoms with E-state index in [0.717, 1.165) is 6.29 Å². The Morgan fingerprint density at radius 2 is 1.85 bits per heavy atom. The number of rotatable bonds is 4. The van der Waals surface area contributed by atoms with Crippen molar-refractivity contribution in [3.63, 3.8) is 0 Å². The fourth-order valence-corrected chi connectivity index (χ4v) is 2.98. The maximum atomic E-state index is 10.8. The van der Waals surface area contributed by atoms with E-state index in [-0.39, 0.29) is 19.8 Å². The first kappa shape index (κ1) is 10.5. The van der Waals surface area contributed by atoms with Crippen LogP contribution in [-0.2, 0) is 4.79 Å². The topological polar surface area (TPSA) is 17.1 Å². The first-order valence-corrected chi connectivity index (χ1v) is 6.25. The summed E-state index contributed by atoms with van der Waals surface area (Å²) < 4.78 is 1.31. The van der Waals surface area contributed by atoms with Crippen LogP contribution in [0.15, 0.2) is 30.3 Å².